The van der Waals surface area contributed by atoms with Crippen molar-refractivity contribution < 1.29 is 18.4 Å². The van der Waals surface area contributed by atoms with E-state index in [9.17, 15) is 18.4 Å². The van der Waals surface area contributed by atoms with E-state index in [1.807, 2.05) is 0 Å². The Morgan fingerprint density at radius 1 is 1.04 bits per heavy atom. The summed E-state index contributed by atoms with van der Waals surface area (Å²) in [6.45, 7) is 1.09. The van der Waals surface area contributed by atoms with E-state index in [1.54, 1.807) is 4.90 Å². The first-order chi connectivity index (χ1) is 11.0. The highest BCUT2D eigenvalue weighted by Crippen LogP contribution is 2.27. The number of carbonyl (C=O) groups excluding carboxylic acids is 2. The van der Waals surface area contributed by atoms with Crippen LogP contribution in [0.5, 0.6) is 0 Å². The lowest BCUT2D eigenvalue weighted by Crippen LogP contribution is -2.39. The number of nitrogens with zero attached hydrogens (tertiary/aromatic N) is 1. The van der Waals surface area contributed by atoms with E-state index in [4.69, 9.17) is 0 Å². The normalized spacial score (nSPS) is 21.7. The van der Waals surface area contributed by atoms with Gasteiger partial charge in [-0.25, -0.2) is 8.78 Å². The molecule has 4 nitrogen and oxygen atoms in total. The summed E-state index contributed by atoms with van der Waals surface area (Å²) < 4.78 is 26.3. The second kappa shape index (κ2) is 6.64. The van der Waals surface area contributed by atoms with Crippen LogP contribution in [0.2, 0.25) is 0 Å². The van der Waals surface area contributed by atoms with Gasteiger partial charge in [-0.2, -0.15) is 0 Å². The molecule has 1 atom stereocenters. The molecule has 0 radical (unpaired) electrons. The molecule has 1 saturated heterocycles. The van der Waals surface area contributed by atoms with Crippen molar-refractivity contribution in [3.8, 4) is 0 Å². The van der Waals surface area contributed by atoms with Gasteiger partial charge in [-0.15, -0.1) is 0 Å². The second-order valence-electron chi connectivity index (χ2n) is 6.38. The van der Waals surface area contributed by atoms with Gasteiger partial charge in [-0.05, 0) is 31.4 Å². The van der Waals surface area contributed by atoms with E-state index < -0.39 is 17.5 Å². The molecular weight excluding hydrogens is 302 g/mol. The summed E-state index contributed by atoms with van der Waals surface area (Å²) >= 11 is 0. The number of amides is 2. The zero-order valence-corrected chi connectivity index (χ0v) is 12.9. The summed E-state index contributed by atoms with van der Waals surface area (Å²) in [6.07, 6.45) is 4.79. The lowest BCUT2D eigenvalue weighted by Gasteiger charge is -2.20. The van der Waals surface area contributed by atoms with Crippen molar-refractivity contribution in [3.05, 3.63) is 35.4 Å². The van der Waals surface area contributed by atoms with Crippen LogP contribution in [0.25, 0.3) is 0 Å². The highest BCUT2D eigenvalue weighted by atomic mass is 19.1. The molecule has 0 aromatic heterocycles. The Hall–Kier alpha value is -1.98. The molecule has 124 valence electrons. The molecule has 0 spiro atoms. The fraction of sp³-hybridized carbons (Fsp3) is 0.529. The third-order valence-corrected chi connectivity index (χ3v) is 4.66. The lowest BCUT2D eigenvalue weighted by molar-refractivity contribution is -0.134. The minimum Gasteiger partial charge on any atom is -0.347 e. The fourth-order valence-corrected chi connectivity index (χ4v) is 3.46. The van der Waals surface area contributed by atoms with Gasteiger partial charge in [0.05, 0.1) is 0 Å². The summed E-state index contributed by atoms with van der Waals surface area (Å²) in [6, 6.07) is 2.58. The molecule has 1 heterocycles. The van der Waals surface area contributed by atoms with Gasteiger partial charge in [0.15, 0.2) is 0 Å². The first-order valence-corrected chi connectivity index (χ1v) is 8.08. The Morgan fingerprint density at radius 3 is 2.35 bits per heavy atom. The van der Waals surface area contributed by atoms with Crippen LogP contribution in [0, 0.1) is 17.6 Å². The summed E-state index contributed by atoms with van der Waals surface area (Å²) in [7, 11) is 0. The highest BCUT2D eigenvalue weighted by molar-refractivity contribution is 5.94. The first-order valence-electron chi connectivity index (χ1n) is 8.08. The number of hydrogen-bond donors (Lipinski definition) is 1. The molecular formula is C17H20F2N2O2. The number of nitrogens with one attached hydrogen (secondary N) is 1. The van der Waals surface area contributed by atoms with Crippen LogP contribution in [0.15, 0.2) is 18.2 Å². The SMILES string of the molecule is O=C(NC1CCN(C(=O)C2CCCC2)C1)c1cc(F)cc(F)c1. The number of hydrogen-bond acceptors (Lipinski definition) is 2. The third-order valence-electron chi connectivity index (χ3n) is 4.66. The Bertz CT molecular complexity index is 594. The highest BCUT2D eigenvalue weighted by Gasteiger charge is 2.32. The molecule has 1 aliphatic carbocycles. The van der Waals surface area contributed by atoms with Crippen molar-refractivity contribution in [2.45, 2.75) is 38.1 Å². The summed E-state index contributed by atoms with van der Waals surface area (Å²) in [4.78, 5) is 26.2. The standard InChI is InChI=1S/C17H20F2N2O2/c18-13-7-12(8-14(19)9-13)16(22)20-15-5-6-21(10-15)17(23)11-3-1-2-4-11/h7-9,11,15H,1-6,10H2,(H,20,22). The number of rotatable bonds is 3. The van der Waals surface area contributed by atoms with Gasteiger partial charge in [0.1, 0.15) is 11.6 Å². The van der Waals surface area contributed by atoms with Gasteiger partial charge >= 0.3 is 0 Å². The van der Waals surface area contributed by atoms with Crippen LogP contribution in [-0.2, 0) is 4.79 Å². The molecule has 1 aromatic rings. The van der Waals surface area contributed by atoms with Crippen LogP contribution >= 0.6 is 0 Å². The van der Waals surface area contributed by atoms with Crippen molar-refractivity contribution in [1.82, 2.24) is 10.2 Å². The largest absolute Gasteiger partial charge is 0.347 e. The minimum atomic E-state index is -0.778. The summed E-state index contributed by atoms with van der Waals surface area (Å²) in [5.74, 6) is -1.76. The van der Waals surface area contributed by atoms with Crippen molar-refractivity contribution in [3.63, 3.8) is 0 Å². The quantitative estimate of drug-likeness (QED) is 0.929. The maximum atomic E-state index is 13.2. The van der Waals surface area contributed by atoms with Crippen molar-refractivity contribution in [2.24, 2.45) is 5.92 Å². The molecule has 1 aliphatic heterocycles. The zero-order valence-electron chi connectivity index (χ0n) is 12.9. The van der Waals surface area contributed by atoms with Crippen LogP contribution in [0.1, 0.15) is 42.5 Å². The van der Waals surface area contributed by atoms with Crippen LogP contribution in [0.4, 0.5) is 8.78 Å². The van der Waals surface area contributed by atoms with Gasteiger partial charge in [-0.1, -0.05) is 12.8 Å². The van der Waals surface area contributed by atoms with Crippen molar-refractivity contribution in [2.75, 3.05) is 13.1 Å². The predicted molar refractivity (Wildman–Crippen MR) is 80.8 cm³/mol. The lowest BCUT2D eigenvalue weighted by atomic mass is 10.1. The van der Waals surface area contributed by atoms with Gasteiger partial charge in [-0.3, -0.25) is 9.59 Å². The zero-order chi connectivity index (χ0) is 16.4. The minimum absolute atomic E-state index is 0.0388. The predicted octanol–water partition coefficient (Wildman–Crippen LogP) is 2.49. The molecule has 2 fully saturated rings. The molecule has 6 heteroatoms. The third kappa shape index (κ3) is 3.68. The molecule has 23 heavy (non-hydrogen) atoms. The topological polar surface area (TPSA) is 49.4 Å². The Kier molecular flexibility index (Phi) is 4.59. The summed E-state index contributed by atoms with van der Waals surface area (Å²) in [5.41, 5.74) is -0.0388. The van der Waals surface area contributed by atoms with Gasteiger partial charge in [0, 0.05) is 36.7 Å². The Morgan fingerprint density at radius 2 is 1.70 bits per heavy atom. The average Bonchev–Trinajstić information content (AvgIpc) is 3.17. The van der Waals surface area contributed by atoms with E-state index >= 15 is 0 Å². The molecule has 1 N–H and O–H groups in total. The van der Waals surface area contributed by atoms with Crippen LogP contribution < -0.4 is 5.32 Å². The fourth-order valence-electron chi connectivity index (χ4n) is 3.46. The molecule has 1 unspecified atom stereocenters. The number of likely N-dealkylation sites (tertiary alicyclic amines) is 1. The Balaban J connectivity index is 1.57. The maximum Gasteiger partial charge on any atom is 0.251 e. The molecule has 2 aliphatic rings. The van der Waals surface area contributed by atoms with E-state index in [-0.39, 0.29) is 23.4 Å². The Labute approximate surface area is 133 Å². The first kappa shape index (κ1) is 15.9. The van der Waals surface area contributed by atoms with E-state index in [2.05, 4.69) is 5.32 Å². The summed E-state index contributed by atoms with van der Waals surface area (Å²) in [5, 5.41) is 2.76. The monoisotopic (exact) mass is 322 g/mol. The molecule has 1 saturated carbocycles. The van der Waals surface area contributed by atoms with E-state index in [1.165, 1.54) is 0 Å². The molecule has 1 aromatic carbocycles. The average molecular weight is 322 g/mol. The van der Waals surface area contributed by atoms with Crippen LogP contribution in [-0.4, -0.2) is 35.8 Å². The second-order valence-corrected chi connectivity index (χ2v) is 6.38. The van der Waals surface area contributed by atoms with Gasteiger partial charge in [0.2, 0.25) is 5.91 Å². The molecule has 2 amide bonds. The number of halogens is 2. The van der Waals surface area contributed by atoms with E-state index in [0.29, 0.717) is 19.5 Å². The van der Waals surface area contributed by atoms with Crippen LogP contribution in [0.3, 0.4) is 0 Å². The molecule has 0 bridgehead atoms. The van der Waals surface area contributed by atoms with Gasteiger partial charge in [0.25, 0.3) is 5.91 Å². The van der Waals surface area contributed by atoms with Crippen molar-refractivity contribution in [1.29, 1.82) is 0 Å². The van der Waals surface area contributed by atoms with E-state index in [0.717, 1.165) is 43.9 Å². The number of carbonyl (C=O) groups is 2. The van der Waals surface area contributed by atoms with Gasteiger partial charge < -0.3 is 10.2 Å². The maximum absolute atomic E-state index is 13.2. The number of benzene rings is 1. The molecule has 3 rings (SSSR count). The van der Waals surface area contributed by atoms with Crippen molar-refractivity contribution >= 4 is 11.8 Å². The smallest absolute Gasteiger partial charge is 0.251 e.